The molecule has 0 saturated carbocycles. The monoisotopic (exact) mass is 538 g/mol. The van der Waals surface area contributed by atoms with Crippen LogP contribution in [0.3, 0.4) is 0 Å². The second kappa shape index (κ2) is 25.4. The molecule has 0 aliphatic carbocycles. The van der Waals surface area contributed by atoms with Crippen LogP contribution in [0, 0.1) is 0 Å². The van der Waals surface area contributed by atoms with E-state index < -0.39 is 7.91 Å². The van der Waals surface area contributed by atoms with Gasteiger partial charge in [0.1, 0.15) is 7.91 Å². The van der Waals surface area contributed by atoms with Gasteiger partial charge < -0.3 is 51.7 Å². The second-order valence-corrected chi connectivity index (χ2v) is 10.5. The lowest BCUT2D eigenvalue weighted by Crippen LogP contribution is -2.35. The average Bonchev–Trinajstić information content (AvgIpc) is 2.69. The summed E-state index contributed by atoms with van der Waals surface area (Å²) >= 11 is 0. The number of rotatable bonds is 20. The predicted molar refractivity (Wildman–Crippen MR) is 131 cm³/mol. The highest BCUT2D eigenvalue weighted by Crippen LogP contribution is 2.22. The summed E-state index contributed by atoms with van der Waals surface area (Å²) in [6, 6.07) is 0. The van der Waals surface area contributed by atoms with E-state index in [4.69, 9.17) is 42.8 Å². The number of halogens is 1. The minimum Gasteiger partial charge on any atom is -0.786 e. The molecule has 0 atom stereocenters. The van der Waals surface area contributed by atoms with Gasteiger partial charge in [0.15, 0.2) is 0 Å². The van der Waals surface area contributed by atoms with Crippen LogP contribution in [0.4, 0.5) is 4.20 Å². The molecule has 0 radical (unpaired) electrons. The summed E-state index contributed by atoms with van der Waals surface area (Å²) in [4.78, 5) is 16.9. The fraction of sp³-hybridized carbons (Fsp3) is 1.00. The van der Waals surface area contributed by atoms with E-state index in [2.05, 4.69) is 42.3 Å². The SMILES string of the molecule is COCCOCCOCCC[N+](C)(C)C.COCCOCCOCCC[N+](C)(C)C.O=P([O-])([O-])F. The summed E-state index contributed by atoms with van der Waals surface area (Å²) in [6.07, 6.45) is 2.20. The van der Waals surface area contributed by atoms with Gasteiger partial charge in [0.25, 0.3) is 0 Å². The highest BCUT2D eigenvalue weighted by Gasteiger charge is 2.05. The molecule has 0 rings (SSSR count). The number of methoxy groups -OCH3 is 2. The van der Waals surface area contributed by atoms with Crippen molar-refractivity contribution in [3.63, 3.8) is 0 Å². The highest BCUT2D eigenvalue weighted by molar-refractivity contribution is 7.42. The van der Waals surface area contributed by atoms with Crippen molar-refractivity contribution < 1.29 is 55.9 Å². The molecule has 0 aliphatic rings. The van der Waals surface area contributed by atoms with Crippen LogP contribution in [0.15, 0.2) is 0 Å². The van der Waals surface area contributed by atoms with E-state index in [1.807, 2.05) is 0 Å². The third-order valence-electron chi connectivity index (χ3n) is 3.84. The van der Waals surface area contributed by atoms with Crippen molar-refractivity contribution in [2.24, 2.45) is 0 Å². The quantitative estimate of drug-likeness (QED) is 0.123. The summed E-state index contributed by atoms with van der Waals surface area (Å²) in [6.45, 7) is 9.23. The Bertz CT molecular complexity index is 433. The summed E-state index contributed by atoms with van der Waals surface area (Å²) in [7, 11) is 10.8. The molecule has 0 aliphatic heterocycles. The van der Waals surface area contributed by atoms with Gasteiger partial charge in [-0.2, -0.15) is 0 Å². The molecule has 0 heterocycles. The van der Waals surface area contributed by atoms with E-state index in [1.54, 1.807) is 14.2 Å². The van der Waals surface area contributed by atoms with Crippen LogP contribution in [-0.2, 0) is 33.0 Å². The maximum Gasteiger partial charge on any atom is 0.110 e. The predicted octanol–water partition coefficient (Wildman–Crippen LogP) is 0.309. The molecular weight excluding hydrogens is 486 g/mol. The smallest absolute Gasteiger partial charge is 0.110 e. The summed E-state index contributed by atoms with van der Waals surface area (Å²) in [5.74, 6) is 0. The minimum absolute atomic E-state index is 0.652. The van der Waals surface area contributed by atoms with Crippen molar-refractivity contribution in [3.05, 3.63) is 0 Å². The van der Waals surface area contributed by atoms with Crippen LogP contribution >= 0.6 is 7.91 Å². The molecule has 0 spiro atoms. The Hall–Kier alpha value is -0.240. The Kier molecular flexibility index (Phi) is 28.5. The van der Waals surface area contributed by atoms with E-state index in [1.165, 1.54) is 0 Å². The first-order chi connectivity index (χ1) is 16.1. The van der Waals surface area contributed by atoms with Gasteiger partial charge in [-0.1, -0.05) is 0 Å². The normalized spacial score (nSPS) is 12.0. The van der Waals surface area contributed by atoms with Crippen molar-refractivity contribution in [2.45, 2.75) is 12.8 Å². The molecule has 0 aromatic rings. The lowest BCUT2D eigenvalue weighted by molar-refractivity contribution is -0.870. The van der Waals surface area contributed by atoms with E-state index in [0.717, 1.165) is 48.1 Å². The first-order valence-electron chi connectivity index (χ1n) is 11.7. The zero-order chi connectivity index (χ0) is 27.6. The molecule has 0 bridgehead atoms. The average molecular weight is 539 g/mol. The number of quaternary nitrogens is 2. The molecular formula is C22H52FN2O9P. The van der Waals surface area contributed by atoms with Crippen LogP contribution in [0.1, 0.15) is 12.8 Å². The van der Waals surface area contributed by atoms with Crippen LogP contribution in [-0.4, -0.2) is 145 Å². The number of nitrogens with zero attached hydrogens (tertiary/aromatic N) is 2. The van der Waals surface area contributed by atoms with Crippen molar-refractivity contribution in [3.8, 4) is 0 Å². The van der Waals surface area contributed by atoms with Crippen LogP contribution in [0.5, 0.6) is 0 Å². The van der Waals surface area contributed by atoms with E-state index in [9.17, 15) is 4.20 Å². The standard InChI is InChI=1S/2C11H26NO3.FH2O3P/c2*1-12(2,3)6-5-7-14-10-11-15-9-8-13-4;1-5(2,3)4/h2*5-11H2,1-4H3;(H2,2,3,4)/q2*+1;/p-2. The first kappa shape index (κ1) is 39.3. The third kappa shape index (κ3) is 60.3. The fourth-order valence-electron chi connectivity index (χ4n) is 2.21. The number of hydrogen-bond donors (Lipinski definition) is 0. The summed E-state index contributed by atoms with van der Waals surface area (Å²) in [5.41, 5.74) is 0. The molecule has 35 heavy (non-hydrogen) atoms. The molecule has 0 fully saturated rings. The van der Waals surface area contributed by atoms with Gasteiger partial charge in [0.05, 0.1) is 121 Å². The van der Waals surface area contributed by atoms with Crippen molar-refractivity contribution in [1.82, 2.24) is 0 Å². The lowest BCUT2D eigenvalue weighted by atomic mass is 10.4. The molecule has 0 aromatic heterocycles. The van der Waals surface area contributed by atoms with Crippen LogP contribution in [0.25, 0.3) is 0 Å². The maximum absolute atomic E-state index is 10.1. The first-order valence-corrected chi connectivity index (χ1v) is 13.2. The second-order valence-electron chi connectivity index (χ2n) is 9.60. The molecule has 13 heteroatoms. The Morgan fingerprint density at radius 1 is 0.571 bits per heavy atom. The number of hydrogen-bond acceptors (Lipinski definition) is 9. The zero-order valence-corrected chi connectivity index (χ0v) is 24.2. The van der Waals surface area contributed by atoms with Gasteiger partial charge in [-0.15, -0.1) is 0 Å². The topological polar surface area (TPSA) is 119 Å². The third-order valence-corrected chi connectivity index (χ3v) is 3.84. The summed E-state index contributed by atoms with van der Waals surface area (Å²) in [5, 5.41) is 0. The van der Waals surface area contributed by atoms with Gasteiger partial charge in [0, 0.05) is 27.1 Å². The van der Waals surface area contributed by atoms with Crippen LogP contribution < -0.4 is 9.79 Å². The number of ether oxygens (including phenoxy) is 6. The van der Waals surface area contributed by atoms with Gasteiger partial charge in [-0.05, 0) is 0 Å². The maximum atomic E-state index is 10.1. The van der Waals surface area contributed by atoms with E-state index >= 15 is 0 Å². The van der Waals surface area contributed by atoms with Gasteiger partial charge in [0.2, 0.25) is 0 Å². The Labute approximate surface area is 212 Å². The Balaban J connectivity index is -0.000000491. The zero-order valence-electron chi connectivity index (χ0n) is 23.3. The molecule has 0 amide bonds. The molecule has 0 aromatic carbocycles. The fourth-order valence-corrected chi connectivity index (χ4v) is 2.21. The minimum atomic E-state index is -5.64. The van der Waals surface area contributed by atoms with Gasteiger partial charge in [-0.3, -0.25) is 0 Å². The van der Waals surface area contributed by atoms with Gasteiger partial charge in [-0.25, -0.2) is 4.20 Å². The van der Waals surface area contributed by atoms with E-state index in [0.29, 0.717) is 52.9 Å². The van der Waals surface area contributed by atoms with Gasteiger partial charge >= 0.3 is 0 Å². The molecule has 216 valence electrons. The van der Waals surface area contributed by atoms with Crippen molar-refractivity contribution in [1.29, 1.82) is 0 Å². The van der Waals surface area contributed by atoms with Crippen molar-refractivity contribution in [2.75, 3.05) is 136 Å². The van der Waals surface area contributed by atoms with E-state index in [-0.39, 0.29) is 0 Å². The molecule has 0 unspecified atom stereocenters. The van der Waals surface area contributed by atoms with Crippen molar-refractivity contribution >= 4 is 7.91 Å². The Morgan fingerprint density at radius 3 is 1.03 bits per heavy atom. The molecule has 0 N–H and O–H groups in total. The Morgan fingerprint density at radius 2 is 0.800 bits per heavy atom. The largest absolute Gasteiger partial charge is 0.786 e. The lowest BCUT2D eigenvalue weighted by Gasteiger charge is -2.23. The molecule has 11 nitrogen and oxygen atoms in total. The van der Waals surface area contributed by atoms with Crippen LogP contribution in [0.2, 0.25) is 0 Å². The highest BCUT2D eigenvalue weighted by atomic mass is 31.2. The summed E-state index contributed by atoms with van der Waals surface area (Å²) < 4.78 is 51.7. The molecule has 0 saturated heterocycles.